The summed E-state index contributed by atoms with van der Waals surface area (Å²) >= 11 is 0. The molecule has 0 aromatic carbocycles. The third kappa shape index (κ3) is 1.50. The quantitative estimate of drug-likeness (QED) is 0.623. The lowest BCUT2D eigenvalue weighted by Crippen LogP contribution is -2.58. The number of nitrogens with zero attached hydrogens (tertiary/aromatic N) is 2. The van der Waals surface area contributed by atoms with E-state index in [4.69, 9.17) is 0 Å². The van der Waals surface area contributed by atoms with Gasteiger partial charge in [0, 0.05) is 45.2 Å². The molecule has 3 saturated heterocycles. The Morgan fingerprint density at radius 2 is 2.12 bits per heavy atom. The summed E-state index contributed by atoms with van der Waals surface area (Å²) in [6.45, 7) is 3.85. The van der Waals surface area contributed by atoms with Gasteiger partial charge in [0.2, 0.25) is 11.8 Å². The zero-order chi connectivity index (χ0) is 11.1. The molecule has 5 nitrogen and oxygen atoms in total. The van der Waals surface area contributed by atoms with E-state index in [-0.39, 0.29) is 17.7 Å². The average Bonchev–Trinajstić information content (AvgIpc) is 2.57. The van der Waals surface area contributed by atoms with E-state index in [1.165, 1.54) is 0 Å². The number of piperazine rings is 1. The summed E-state index contributed by atoms with van der Waals surface area (Å²) in [5.74, 6) is 0.726. The topological polar surface area (TPSA) is 52.7 Å². The number of amides is 2. The van der Waals surface area contributed by atoms with E-state index in [9.17, 15) is 9.59 Å². The van der Waals surface area contributed by atoms with Crippen LogP contribution >= 0.6 is 0 Å². The molecule has 2 amide bonds. The fourth-order valence-electron chi connectivity index (χ4n) is 2.79. The second-order valence-electron chi connectivity index (χ2n) is 4.92. The predicted molar refractivity (Wildman–Crippen MR) is 57.7 cm³/mol. The third-order valence-corrected chi connectivity index (χ3v) is 3.94. The molecule has 0 aromatic heterocycles. The van der Waals surface area contributed by atoms with Crippen molar-refractivity contribution in [2.24, 2.45) is 5.92 Å². The zero-order valence-electron chi connectivity index (χ0n) is 9.32. The molecule has 88 valence electrons. The van der Waals surface area contributed by atoms with Crippen molar-refractivity contribution >= 4 is 11.8 Å². The molecule has 3 aliphatic heterocycles. The number of carbonyl (C=O) groups excluding carboxylic acids is 2. The second-order valence-corrected chi connectivity index (χ2v) is 4.92. The van der Waals surface area contributed by atoms with E-state index in [1.807, 2.05) is 9.80 Å². The number of rotatable bonds is 1. The van der Waals surface area contributed by atoms with Gasteiger partial charge >= 0.3 is 0 Å². The van der Waals surface area contributed by atoms with Gasteiger partial charge in [-0.2, -0.15) is 0 Å². The first kappa shape index (κ1) is 10.1. The summed E-state index contributed by atoms with van der Waals surface area (Å²) in [6.07, 6.45) is 1.59. The third-order valence-electron chi connectivity index (χ3n) is 3.94. The highest BCUT2D eigenvalue weighted by Gasteiger charge is 2.39. The van der Waals surface area contributed by atoms with Crippen molar-refractivity contribution in [1.29, 1.82) is 0 Å². The molecule has 0 spiro atoms. The van der Waals surface area contributed by atoms with Crippen molar-refractivity contribution < 1.29 is 9.59 Å². The number of hydrogen-bond donors (Lipinski definition) is 1. The van der Waals surface area contributed by atoms with E-state index in [0.29, 0.717) is 12.5 Å². The molecule has 3 heterocycles. The van der Waals surface area contributed by atoms with Gasteiger partial charge in [-0.1, -0.05) is 0 Å². The number of hydrogen-bond acceptors (Lipinski definition) is 3. The van der Waals surface area contributed by atoms with Crippen LogP contribution in [0.3, 0.4) is 0 Å². The van der Waals surface area contributed by atoms with Crippen LogP contribution in [0, 0.1) is 5.92 Å². The smallest absolute Gasteiger partial charge is 0.228 e. The maximum Gasteiger partial charge on any atom is 0.228 e. The largest absolute Gasteiger partial charge is 0.339 e. The minimum Gasteiger partial charge on any atom is -0.339 e. The molecule has 0 saturated carbocycles. The Balaban J connectivity index is 1.63. The lowest BCUT2D eigenvalue weighted by atomic mass is 10.0. The lowest BCUT2D eigenvalue weighted by molar-refractivity contribution is -0.143. The highest BCUT2D eigenvalue weighted by molar-refractivity contribution is 5.82. The normalized spacial score (nSPS) is 30.2. The molecule has 3 aliphatic rings. The summed E-state index contributed by atoms with van der Waals surface area (Å²) in [6, 6.07) is 0.290. The Hall–Kier alpha value is -1.10. The molecule has 0 radical (unpaired) electrons. The minimum absolute atomic E-state index is 0.184. The van der Waals surface area contributed by atoms with Crippen LogP contribution in [0.1, 0.15) is 12.8 Å². The van der Waals surface area contributed by atoms with Crippen LogP contribution in [0.15, 0.2) is 0 Å². The molecule has 1 unspecified atom stereocenters. The van der Waals surface area contributed by atoms with Gasteiger partial charge in [-0.05, 0) is 6.42 Å². The number of carbonyl (C=O) groups is 2. The van der Waals surface area contributed by atoms with Crippen LogP contribution in [0.5, 0.6) is 0 Å². The Kier molecular flexibility index (Phi) is 2.35. The molecule has 5 heteroatoms. The first-order valence-corrected chi connectivity index (χ1v) is 6.04. The van der Waals surface area contributed by atoms with Gasteiger partial charge in [-0.25, -0.2) is 0 Å². The lowest BCUT2D eigenvalue weighted by Gasteiger charge is -2.40. The Morgan fingerprint density at radius 1 is 1.31 bits per heavy atom. The molecule has 1 atom stereocenters. The Bertz CT molecular complexity index is 327. The van der Waals surface area contributed by atoms with Gasteiger partial charge in [-0.15, -0.1) is 0 Å². The van der Waals surface area contributed by atoms with Crippen molar-refractivity contribution in [3.8, 4) is 0 Å². The highest BCUT2D eigenvalue weighted by Crippen LogP contribution is 2.24. The van der Waals surface area contributed by atoms with Crippen molar-refractivity contribution in [1.82, 2.24) is 15.1 Å². The van der Waals surface area contributed by atoms with E-state index < -0.39 is 0 Å². The van der Waals surface area contributed by atoms with E-state index in [1.54, 1.807) is 0 Å². The first-order valence-electron chi connectivity index (χ1n) is 6.04. The van der Waals surface area contributed by atoms with E-state index >= 15 is 0 Å². The van der Waals surface area contributed by atoms with Gasteiger partial charge < -0.3 is 15.1 Å². The molecule has 16 heavy (non-hydrogen) atoms. The number of fused-ring (bicyclic) bond motifs is 1. The summed E-state index contributed by atoms with van der Waals surface area (Å²) < 4.78 is 0. The molecule has 1 N–H and O–H groups in total. The molecule has 0 aliphatic carbocycles. The van der Waals surface area contributed by atoms with Crippen LogP contribution in [0.2, 0.25) is 0 Å². The fourth-order valence-corrected chi connectivity index (χ4v) is 2.79. The van der Waals surface area contributed by atoms with Crippen molar-refractivity contribution in [2.75, 3.05) is 32.7 Å². The maximum absolute atomic E-state index is 12.0. The second kappa shape index (κ2) is 3.73. The summed E-state index contributed by atoms with van der Waals surface area (Å²) in [4.78, 5) is 27.4. The molecule has 0 aromatic rings. The van der Waals surface area contributed by atoms with E-state index in [2.05, 4.69) is 5.32 Å². The molecular formula is C11H17N3O2. The summed E-state index contributed by atoms with van der Waals surface area (Å²) in [5, 5.41) is 3.12. The van der Waals surface area contributed by atoms with Gasteiger partial charge in [0.25, 0.3) is 0 Å². The maximum atomic E-state index is 12.0. The summed E-state index contributed by atoms with van der Waals surface area (Å²) in [5.41, 5.74) is 0. The summed E-state index contributed by atoms with van der Waals surface area (Å²) in [7, 11) is 0. The highest BCUT2D eigenvalue weighted by atomic mass is 16.2. The standard InChI is InChI=1S/C11H17N3O2/c15-10-2-1-9-7-13(3-4-14(9)10)11(16)8-5-12-6-8/h8-9,12H,1-7H2. The molecule has 3 fully saturated rings. The average molecular weight is 223 g/mol. The van der Waals surface area contributed by atoms with Crippen LogP contribution in [0.25, 0.3) is 0 Å². The molecular weight excluding hydrogens is 206 g/mol. The first-order chi connectivity index (χ1) is 7.75. The number of nitrogens with one attached hydrogen (secondary N) is 1. The van der Waals surface area contributed by atoms with Gasteiger partial charge in [0.05, 0.1) is 5.92 Å². The van der Waals surface area contributed by atoms with Crippen molar-refractivity contribution in [2.45, 2.75) is 18.9 Å². The van der Waals surface area contributed by atoms with Crippen LogP contribution < -0.4 is 5.32 Å². The van der Waals surface area contributed by atoms with Crippen LogP contribution in [0.4, 0.5) is 0 Å². The van der Waals surface area contributed by atoms with Gasteiger partial charge in [0.15, 0.2) is 0 Å². The van der Waals surface area contributed by atoms with Crippen LogP contribution in [-0.2, 0) is 9.59 Å². The minimum atomic E-state index is 0.184. The van der Waals surface area contributed by atoms with E-state index in [0.717, 1.165) is 39.1 Å². The SMILES string of the molecule is O=C(C1CNC1)N1CCN2C(=O)CCC2C1. The molecule has 0 bridgehead atoms. The predicted octanol–water partition coefficient (Wildman–Crippen LogP) is -0.961. The van der Waals surface area contributed by atoms with Crippen LogP contribution in [-0.4, -0.2) is 60.4 Å². The molecule has 3 rings (SSSR count). The fraction of sp³-hybridized carbons (Fsp3) is 0.818. The van der Waals surface area contributed by atoms with Crippen molar-refractivity contribution in [3.05, 3.63) is 0 Å². The monoisotopic (exact) mass is 223 g/mol. The van der Waals surface area contributed by atoms with Crippen molar-refractivity contribution in [3.63, 3.8) is 0 Å². The van der Waals surface area contributed by atoms with Gasteiger partial charge in [0.1, 0.15) is 0 Å². The zero-order valence-corrected chi connectivity index (χ0v) is 9.32. The Labute approximate surface area is 94.8 Å². The van der Waals surface area contributed by atoms with Gasteiger partial charge in [-0.3, -0.25) is 9.59 Å². The Morgan fingerprint density at radius 3 is 2.81 bits per heavy atom.